The van der Waals surface area contributed by atoms with Crippen LogP contribution in [0.4, 0.5) is 5.95 Å². The van der Waals surface area contributed by atoms with E-state index in [-0.39, 0.29) is 11.9 Å². The van der Waals surface area contributed by atoms with Crippen molar-refractivity contribution in [2.45, 2.75) is 26.3 Å². The molecule has 0 aliphatic carbocycles. The van der Waals surface area contributed by atoms with Crippen LogP contribution in [-0.4, -0.2) is 53.5 Å². The number of benzene rings is 1. The van der Waals surface area contributed by atoms with Crippen LogP contribution in [0.15, 0.2) is 42.7 Å². The third-order valence-corrected chi connectivity index (χ3v) is 4.80. The summed E-state index contributed by atoms with van der Waals surface area (Å²) >= 11 is 0. The number of anilines is 1. The highest BCUT2D eigenvalue weighted by molar-refractivity contribution is 5.78. The molecule has 1 aromatic carbocycles. The zero-order chi connectivity index (χ0) is 18.4. The molecule has 1 atom stereocenters. The number of nitrogens with zero attached hydrogens (tertiary/aromatic N) is 4. The lowest BCUT2D eigenvalue weighted by atomic mass is 10.0. The number of piperazine rings is 1. The fourth-order valence-electron chi connectivity index (χ4n) is 3.22. The minimum atomic E-state index is 0.0714. The molecule has 1 fully saturated rings. The second-order valence-corrected chi connectivity index (χ2v) is 6.75. The van der Waals surface area contributed by atoms with E-state index >= 15 is 0 Å². The lowest BCUT2D eigenvalue weighted by Gasteiger charge is -2.34. The Balaban J connectivity index is 1.48. The summed E-state index contributed by atoms with van der Waals surface area (Å²) in [6, 6.07) is 10.3. The van der Waals surface area contributed by atoms with E-state index in [1.165, 1.54) is 5.56 Å². The maximum absolute atomic E-state index is 12.5. The molecule has 138 valence electrons. The first kappa shape index (κ1) is 18.3. The smallest absolute Gasteiger partial charge is 0.234 e. The standard InChI is InChI=1S/C20H27N5O/c1-3-18(17-7-5-16(2)6-8-17)23-19(26)15-24-11-13-25(14-12-24)20-21-9-4-10-22-20/h4-10,18H,3,11-15H2,1-2H3,(H,23,26)/t18-/m0/s1. The Labute approximate surface area is 155 Å². The van der Waals surface area contributed by atoms with Gasteiger partial charge in [0.2, 0.25) is 11.9 Å². The number of carbonyl (C=O) groups is 1. The van der Waals surface area contributed by atoms with E-state index in [1.54, 1.807) is 12.4 Å². The Morgan fingerprint density at radius 2 is 1.77 bits per heavy atom. The molecule has 2 aromatic rings. The third kappa shape index (κ3) is 4.79. The van der Waals surface area contributed by atoms with E-state index in [0.717, 1.165) is 44.1 Å². The predicted octanol–water partition coefficient (Wildman–Crippen LogP) is 2.17. The Hall–Kier alpha value is -2.47. The maximum atomic E-state index is 12.5. The monoisotopic (exact) mass is 353 g/mol. The number of carbonyl (C=O) groups excluding carboxylic acids is 1. The van der Waals surface area contributed by atoms with Crippen molar-refractivity contribution in [1.29, 1.82) is 0 Å². The van der Waals surface area contributed by atoms with Crippen molar-refractivity contribution in [2.24, 2.45) is 0 Å². The van der Waals surface area contributed by atoms with Crippen LogP contribution in [0.3, 0.4) is 0 Å². The Morgan fingerprint density at radius 3 is 2.38 bits per heavy atom. The first-order valence-corrected chi connectivity index (χ1v) is 9.26. The third-order valence-electron chi connectivity index (χ3n) is 4.80. The summed E-state index contributed by atoms with van der Waals surface area (Å²) in [6.45, 7) is 7.97. The molecule has 1 N–H and O–H groups in total. The average Bonchev–Trinajstić information content (AvgIpc) is 2.68. The average molecular weight is 353 g/mol. The van der Waals surface area contributed by atoms with Crippen molar-refractivity contribution in [3.8, 4) is 0 Å². The van der Waals surface area contributed by atoms with E-state index < -0.39 is 0 Å². The van der Waals surface area contributed by atoms with E-state index in [0.29, 0.717) is 6.54 Å². The summed E-state index contributed by atoms with van der Waals surface area (Å²) in [6.07, 6.45) is 4.41. The number of hydrogen-bond donors (Lipinski definition) is 1. The van der Waals surface area contributed by atoms with Crippen LogP contribution >= 0.6 is 0 Å². The van der Waals surface area contributed by atoms with Crippen LogP contribution in [0.2, 0.25) is 0 Å². The van der Waals surface area contributed by atoms with Gasteiger partial charge in [0, 0.05) is 38.6 Å². The first-order chi connectivity index (χ1) is 12.7. The molecule has 0 saturated carbocycles. The molecule has 6 nitrogen and oxygen atoms in total. The Bertz CT molecular complexity index is 696. The molecule has 0 bridgehead atoms. The lowest BCUT2D eigenvalue weighted by molar-refractivity contribution is -0.123. The lowest BCUT2D eigenvalue weighted by Crippen LogP contribution is -2.50. The van der Waals surface area contributed by atoms with Crippen molar-refractivity contribution in [1.82, 2.24) is 20.2 Å². The molecule has 0 radical (unpaired) electrons. The highest BCUT2D eigenvalue weighted by Crippen LogP contribution is 2.17. The van der Waals surface area contributed by atoms with Gasteiger partial charge in [-0.3, -0.25) is 9.69 Å². The minimum Gasteiger partial charge on any atom is -0.348 e. The van der Waals surface area contributed by atoms with Crippen LogP contribution in [-0.2, 0) is 4.79 Å². The number of amides is 1. The van der Waals surface area contributed by atoms with Gasteiger partial charge in [0.05, 0.1) is 12.6 Å². The number of rotatable bonds is 6. The van der Waals surface area contributed by atoms with Crippen LogP contribution in [0.5, 0.6) is 0 Å². The Kier molecular flexibility index (Phi) is 6.17. The summed E-state index contributed by atoms with van der Waals surface area (Å²) < 4.78 is 0. The summed E-state index contributed by atoms with van der Waals surface area (Å²) in [5.41, 5.74) is 2.40. The molecule has 1 aliphatic rings. The molecule has 26 heavy (non-hydrogen) atoms. The highest BCUT2D eigenvalue weighted by atomic mass is 16.2. The molecule has 1 amide bonds. The predicted molar refractivity (Wildman–Crippen MR) is 103 cm³/mol. The highest BCUT2D eigenvalue weighted by Gasteiger charge is 2.21. The van der Waals surface area contributed by atoms with E-state index in [4.69, 9.17) is 0 Å². The summed E-state index contributed by atoms with van der Waals surface area (Å²) in [5.74, 6) is 0.851. The van der Waals surface area contributed by atoms with Crippen molar-refractivity contribution in [3.05, 3.63) is 53.9 Å². The van der Waals surface area contributed by atoms with Crippen LogP contribution in [0.25, 0.3) is 0 Å². The number of nitrogens with one attached hydrogen (secondary N) is 1. The molecule has 0 unspecified atom stereocenters. The molecule has 1 aliphatic heterocycles. The number of aromatic nitrogens is 2. The zero-order valence-corrected chi connectivity index (χ0v) is 15.6. The summed E-state index contributed by atoms with van der Waals surface area (Å²) in [4.78, 5) is 25.4. The van der Waals surface area contributed by atoms with Crippen LogP contribution in [0, 0.1) is 6.92 Å². The molecular formula is C20H27N5O. The largest absolute Gasteiger partial charge is 0.348 e. The van der Waals surface area contributed by atoms with Gasteiger partial charge in [0.1, 0.15) is 0 Å². The van der Waals surface area contributed by atoms with Gasteiger partial charge in [-0.25, -0.2) is 9.97 Å². The van der Waals surface area contributed by atoms with Gasteiger partial charge in [0.25, 0.3) is 0 Å². The number of hydrogen-bond acceptors (Lipinski definition) is 5. The molecule has 6 heteroatoms. The van der Waals surface area contributed by atoms with Gasteiger partial charge in [0.15, 0.2) is 0 Å². The Morgan fingerprint density at radius 1 is 1.12 bits per heavy atom. The van der Waals surface area contributed by atoms with Gasteiger partial charge < -0.3 is 10.2 Å². The maximum Gasteiger partial charge on any atom is 0.234 e. The SMILES string of the molecule is CC[C@H](NC(=O)CN1CCN(c2ncccn2)CC1)c1ccc(C)cc1. The zero-order valence-electron chi connectivity index (χ0n) is 15.6. The minimum absolute atomic E-state index is 0.0714. The van der Waals surface area contributed by atoms with Gasteiger partial charge in [-0.2, -0.15) is 0 Å². The molecule has 1 saturated heterocycles. The van der Waals surface area contributed by atoms with Crippen molar-refractivity contribution in [2.75, 3.05) is 37.6 Å². The van der Waals surface area contributed by atoms with Crippen molar-refractivity contribution < 1.29 is 4.79 Å². The summed E-state index contributed by atoms with van der Waals surface area (Å²) in [7, 11) is 0. The van der Waals surface area contributed by atoms with E-state index in [2.05, 4.69) is 63.2 Å². The van der Waals surface area contributed by atoms with Crippen molar-refractivity contribution >= 4 is 11.9 Å². The van der Waals surface area contributed by atoms with Gasteiger partial charge in [-0.1, -0.05) is 36.8 Å². The van der Waals surface area contributed by atoms with E-state index in [1.807, 2.05) is 6.07 Å². The van der Waals surface area contributed by atoms with Gasteiger partial charge in [-0.05, 0) is 25.0 Å². The van der Waals surface area contributed by atoms with Crippen molar-refractivity contribution in [3.63, 3.8) is 0 Å². The van der Waals surface area contributed by atoms with E-state index in [9.17, 15) is 4.79 Å². The second kappa shape index (κ2) is 8.76. The van der Waals surface area contributed by atoms with Crippen LogP contribution < -0.4 is 10.2 Å². The summed E-state index contributed by atoms with van der Waals surface area (Å²) in [5, 5.41) is 3.17. The molecule has 0 spiro atoms. The molecular weight excluding hydrogens is 326 g/mol. The van der Waals surface area contributed by atoms with Gasteiger partial charge >= 0.3 is 0 Å². The quantitative estimate of drug-likeness (QED) is 0.862. The topological polar surface area (TPSA) is 61.4 Å². The fraction of sp³-hybridized carbons (Fsp3) is 0.450. The molecule has 2 heterocycles. The normalized spacial score (nSPS) is 16.3. The molecule has 1 aromatic heterocycles. The number of aryl methyl sites for hydroxylation is 1. The fourth-order valence-corrected chi connectivity index (χ4v) is 3.22. The van der Waals surface area contributed by atoms with Crippen LogP contribution in [0.1, 0.15) is 30.5 Å². The first-order valence-electron chi connectivity index (χ1n) is 9.26. The molecule has 3 rings (SSSR count). The second-order valence-electron chi connectivity index (χ2n) is 6.75. The van der Waals surface area contributed by atoms with Gasteiger partial charge in [-0.15, -0.1) is 0 Å².